The Morgan fingerprint density at radius 3 is 2.48 bits per heavy atom. The number of aryl methyl sites for hydroxylation is 1. The number of Topliss-reactive ketones (excluding diaryl/α,β-unsaturated/α-hetero) is 1. The topological polar surface area (TPSA) is 63.7 Å². The van der Waals surface area contributed by atoms with E-state index in [-0.39, 0.29) is 23.8 Å². The summed E-state index contributed by atoms with van der Waals surface area (Å²) in [5, 5.41) is 0. The molecule has 0 saturated carbocycles. The maximum absolute atomic E-state index is 12.9. The molecule has 2 aromatic rings. The standard InChI is InChI=1S/C17H17NO4S/c1-12-3-6-15(7-4-12)23(20,21)18-9-10-22-17-8-5-14(13(2)19)11-16(17)18/h3-8,11H,9-10H2,1-2H3. The second kappa shape index (κ2) is 5.70. The molecule has 1 aliphatic rings. The molecule has 2 aromatic carbocycles. The predicted molar refractivity (Wildman–Crippen MR) is 87.7 cm³/mol. The summed E-state index contributed by atoms with van der Waals surface area (Å²) in [4.78, 5) is 11.8. The van der Waals surface area contributed by atoms with Crippen molar-refractivity contribution in [1.82, 2.24) is 0 Å². The van der Waals surface area contributed by atoms with Gasteiger partial charge in [-0.1, -0.05) is 17.7 Å². The van der Waals surface area contributed by atoms with Crippen LogP contribution in [0.4, 0.5) is 5.69 Å². The molecule has 0 amide bonds. The van der Waals surface area contributed by atoms with E-state index in [1.807, 2.05) is 6.92 Å². The van der Waals surface area contributed by atoms with Gasteiger partial charge in [0.25, 0.3) is 10.0 Å². The molecule has 5 nitrogen and oxygen atoms in total. The Hall–Kier alpha value is -2.34. The Morgan fingerprint density at radius 1 is 1.13 bits per heavy atom. The average Bonchev–Trinajstić information content (AvgIpc) is 2.54. The zero-order chi connectivity index (χ0) is 16.6. The molecule has 0 atom stereocenters. The Balaban J connectivity index is 2.10. The van der Waals surface area contributed by atoms with Crippen molar-refractivity contribution in [2.24, 2.45) is 0 Å². The number of anilines is 1. The Kier molecular flexibility index (Phi) is 3.85. The van der Waals surface area contributed by atoms with Crippen molar-refractivity contribution in [3.8, 4) is 5.75 Å². The van der Waals surface area contributed by atoms with Crippen LogP contribution in [-0.4, -0.2) is 27.4 Å². The maximum atomic E-state index is 12.9. The summed E-state index contributed by atoms with van der Waals surface area (Å²) < 4.78 is 32.7. The van der Waals surface area contributed by atoms with Crippen LogP contribution in [0.15, 0.2) is 47.4 Å². The number of sulfonamides is 1. The summed E-state index contributed by atoms with van der Waals surface area (Å²) >= 11 is 0. The highest BCUT2D eigenvalue weighted by molar-refractivity contribution is 7.92. The van der Waals surface area contributed by atoms with Gasteiger partial charge in [-0.25, -0.2) is 8.42 Å². The highest BCUT2D eigenvalue weighted by Gasteiger charge is 2.30. The molecule has 3 rings (SSSR count). The lowest BCUT2D eigenvalue weighted by molar-refractivity contribution is 0.101. The van der Waals surface area contributed by atoms with Gasteiger partial charge in [0.2, 0.25) is 0 Å². The van der Waals surface area contributed by atoms with Crippen LogP contribution in [0.2, 0.25) is 0 Å². The van der Waals surface area contributed by atoms with E-state index in [0.717, 1.165) is 5.56 Å². The number of rotatable bonds is 3. The van der Waals surface area contributed by atoms with E-state index in [4.69, 9.17) is 4.74 Å². The van der Waals surface area contributed by atoms with Crippen molar-refractivity contribution in [2.45, 2.75) is 18.7 Å². The van der Waals surface area contributed by atoms with E-state index in [1.165, 1.54) is 11.2 Å². The van der Waals surface area contributed by atoms with Crippen LogP contribution in [0, 0.1) is 6.92 Å². The summed E-state index contributed by atoms with van der Waals surface area (Å²) in [5.41, 5.74) is 1.85. The van der Waals surface area contributed by atoms with Crippen molar-refractivity contribution in [3.05, 3.63) is 53.6 Å². The van der Waals surface area contributed by atoms with Crippen LogP contribution < -0.4 is 9.04 Å². The van der Waals surface area contributed by atoms with Gasteiger partial charge in [0.1, 0.15) is 12.4 Å². The fourth-order valence-corrected chi connectivity index (χ4v) is 3.95. The van der Waals surface area contributed by atoms with Crippen LogP contribution in [0.1, 0.15) is 22.8 Å². The lowest BCUT2D eigenvalue weighted by atomic mass is 10.1. The first-order chi connectivity index (χ1) is 10.9. The molecule has 6 heteroatoms. The molecule has 0 spiro atoms. The fourth-order valence-electron chi connectivity index (χ4n) is 2.50. The molecule has 0 unspecified atom stereocenters. The molecular weight excluding hydrogens is 314 g/mol. The Labute approximate surface area is 135 Å². The minimum atomic E-state index is -3.69. The molecule has 0 fully saturated rings. The first-order valence-corrected chi connectivity index (χ1v) is 8.71. The monoisotopic (exact) mass is 331 g/mol. The third kappa shape index (κ3) is 2.82. The summed E-state index contributed by atoms with van der Waals surface area (Å²) in [6.07, 6.45) is 0. The highest BCUT2D eigenvalue weighted by atomic mass is 32.2. The zero-order valence-electron chi connectivity index (χ0n) is 12.9. The molecule has 1 aliphatic heterocycles. The van der Waals surface area contributed by atoms with Gasteiger partial charge in [-0.05, 0) is 44.2 Å². The zero-order valence-corrected chi connectivity index (χ0v) is 13.8. The van der Waals surface area contributed by atoms with Gasteiger partial charge in [0, 0.05) is 5.56 Å². The number of benzene rings is 2. The minimum absolute atomic E-state index is 0.119. The van der Waals surface area contributed by atoms with Gasteiger partial charge in [-0.2, -0.15) is 0 Å². The summed E-state index contributed by atoms with van der Waals surface area (Å²) in [7, 11) is -3.69. The molecule has 0 aliphatic carbocycles. The SMILES string of the molecule is CC(=O)c1ccc2c(c1)N(S(=O)(=O)c1ccc(C)cc1)CCO2. The van der Waals surface area contributed by atoms with Gasteiger partial charge < -0.3 is 4.74 Å². The number of carbonyl (C=O) groups excluding carboxylic acids is 1. The Bertz CT molecular complexity index is 857. The fraction of sp³-hybridized carbons (Fsp3) is 0.235. The number of ether oxygens (including phenoxy) is 1. The second-order valence-electron chi connectivity index (χ2n) is 5.48. The molecule has 0 N–H and O–H groups in total. The second-order valence-corrected chi connectivity index (χ2v) is 7.34. The number of ketones is 1. The first kappa shape index (κ1) is 15.6. The third-order valence-electron chi connectivity index (χ3n) is 3.80. The van der Waals surface area contributed by atoms with Gasteiger partial charge in [-0.15, -0.1) is 0 Å². The van der Waals surface area contributed by atoms with Crippen molar-refractivity contribution in [1.29, 1.82) is 0 Å². The highest BCUT2D eigenvalue weighted by Crippen LogP contribution is 2.36. The lowest BCUT2D eigenvalue weighted by Crippen LogP contribution is -2.38. The van der Waals surface area contributed by atoms with Crippen molar-refractivity contribution < 1.29 is 17.9 Å². The smallest absolute Gasteiger partial charge is 0.264 e. The van der Waals surface area contributed by atoms with Crippen molar-refractivity contribution in [3.63, 3.8) is 0 Å². The molecular formula is C17H17NO4S. The van der Waals surface area contributed by atoms with Crippen molar-refractivity contribution >= 4 is 21.5 Å². The van der Waals surface area contributed by atoms with Gasteiger partial charge in [-0.3, -0.25) is 9.10 Å². The normalized spacial score (nSPS) is 14.1. The molecule has 1 heterocycles. The summed E-state index contributed by atoms with van der Waals surface area (Å²) in [5.74, 6) is 0.350. The first-order valence-electron chi connectivity index (χ1n) is 7.27. The van der Waals surface area contributed by atoms with E-state index >= 15 is 0 Å². The molecule has 0 aromatic heterocycles. The quantitative estimate of drug-likeness (QED) is 0.811. The largest absolute Gasteiger partial charge is 0.489 e. The van der Waals surface area contributed by atoms with Crippen LogP contribution in [0.25, 0.3) is 0 Å². The molecule has 0 radical (unpaired) electrons. The Morgan fingerprint density at radius 2 is 1.83 bits per heavy atom. The number of nitrogens with zero attached hydrogens (tertiary/aromatic N) is 1. The van der Waals surface area contributed by atoms with Gasteiger partial charge in [0.15, 0.2) is 5.78 Å². The summed E-state index contributed by atoms with van der Waals surface area (Å²) in [6.45, 7) is 3.84. The van der Waals surface area contributed by atoms with Gasteiger partial charge >= 0.3 is 0 Å². The molecule has 23 heavy (non-hydrogen) atoms. The minimum Gasteiger partial charge on any atom is -0.489 e. The van der Waals surface area contributed by atoms with Crippen LogP contribution in [0.3, 0.4) is 0 Å². The maximum Gasteiger partial charge on any atom is 0.264 e. The van der Waals surface area contributed by atoms with E-state index < -0.39 is 10.0 Å². The number of hydrogen-bond acceptors (Lipinski definition) is 4. The van der Waals surface area contributed by atoms with E-state index in [0.29, 0.717) is 17.0 Å². The van der Waals surface area contributed by atoms with Crippen LogP contribution in [-0.2, 0) is 10.0 Å². The number of fused-ring (bicyclic) bond motifs is 1. The van der Waals surface area contributed by atoms with E-state index in [1.54, 1.807) is 42.5 Å². The third-order valence-corrected chi connectivity index (χ3v) is 5.62. The number of hydrogen-bond donors (Lipinski definition) is 0. The lowest BCUT2D eigenvalue weighted by Gasteiger charge is -2.30. The number of carbonyl (C=O) groups is 1. The molecule has 0 saturated heterocycles. The van der Waals surface area contributed by atoms with E-state index in [9.17, 15) is 13.2 Å². The molecule has 0 bridgehead atoms. The summed E-state index contributed by atoms with van der Waals surface area (Å²) in [6, 6.07) is 11.6. The van der Waals surface area contributed by atoms with Crippen LogP contribution >= 0.6 is 0 Å². The van der Waals surface area contributed by atoms with E-state index in [2.05, 4.69) is 0 Å². The average molecular weight is 331 g/mol. The predicted octanol–water partition coefficient (Wildman–Crippen LogP) is 2.79. The van der Waals surface area contributed by atoms with Crippen LogP contribution in [0.5, 0.6) is 5.75 Å². The van der Waals surface area contributed by atoms with Gasteiger partial charge in [0.05, 0.1) is 17.1 Å². The van der Waals surface area contributed by atoms with Crippen molar-refractivity contribution in [2.75, 3.05) is 17.5 Å². The molecule has 120 valence electrons.